The molecule has 4 rings (SSSR count). The Labute approximate surface area is 254 Å². The summed E-state index contributed by atoms with van der Waals surface area (Å²) in [5.41, 5.74) is 5.02. The van der Waals surface area contributed by atoms with Crippen LogP contribution < -0.4 is 15.5 Å². The predicted molar refractivity (Wildman–Crippen MR) is 165 cm³/mol. The van der Waals surface area contributed by atoms with E-state index in [2.05, 4.69) is 57.8 Å². The number of aromatic nitrogens is 2. The molecule has 0 atom stereocenters. The van der Waals surface area contributed by atoms with Crippen LogP contribution in [0.25, 0.3) is 11.4 Å². The monoisotopic (exact) mass is 605 g/mol. The molecule has 1 aliphatic heterocycles. The van der Waals surface area contributed by atoms with Gasteiger partial charge < -0.3 is 20.1 Å². The first-order valence-corrected chi connectivity index (χ1v) is 13.5. The molecule has 2 aromatic carbocycles. The van der Waals surface area contributed by atoms with Crippen molar-refractivity contribution in [3.63, 3.8) is 0 Å². The third kappa shape index (κ3) is 9.16. The van der Waals surface area contributed by atoms with E-state index in [9.17, 15) is 9.59 Å². The Kier molecular flexibility index (Phi) is 13.0. The number of anilines is 1. The Hall–Kier alpha value is -3.18. The number of amides is 2. The fraction of sp³-hybridized carbons (Fsp3) is 0.448. The first kappa shape index (κ1) is 34.0. The third-order valence-electron chi connectivity index (χ3n) is 6.89. The van der Waals surface area contributed by atoms with Gasteiger partial charge in [-0.05, 0) is 36.1 Å². The van der Waals surface area contributed by atoms with Crippen molar-refractivity contribution >= 4 is 42.3 Å². The molecule has 10 nitrogen and oxygen atoms in total. The number of fused-ring (bicyclic) bond motifs is 1. The van der Waals surface area contributed by atoms with Gasteiger partial charge in [-0.3, -0.25) is 14.6 Å². The van der Waals surface area contributed by atoms with Gasteiger partial charge in [0.15, 0.2) is 0 Å². The molecule has 2 N–H and O–H groups in total. The van der Waals surface area contributed by atoms with Crippen molar-refractivity contribution in [3.05, 3.63) is 65.0 Å². The van der Waals surface area contributed by atoms with Gasteiger partial charge in [0.25, 0.3) is 5.91 Å². The molecule has 0 fully saturated rings. The highest BCUT2D eigenvalue weighted by atomic mass is 35.5. The number of carbonyl (C=O) groups excluding carboxylic acids is 2. The van der Waals surface area contributed by atoms with E-state index >= 15 is 0 Å². The summed E-state index contributed by atoms with van der Waals surface area (Å²) in [7, 11) is 1.80. The van der Waals surface area contributed by atoms with E-state index < -0.39 is 0 Å². The molecule has 1 aromatic heterocycles. The Morgan fingerprint density at radius 1 is 1.05 bits per heavy atom. The van der Waals surface area contributed by atoms with Gasteiger partial charge in [0.2, 0.25) is 17.6 Å². The molecule has 41 heavy (non-hydrogen) atoms. The Morgan fingerprint density at radius 2 is 1.78 bits per heavy atom. The number of nitrogens with one attached hydrogen (secondary N) is 2. The van der Waals surface area contributed by atoms with Crippen molar-refractivity contribution < 1.29 is 14.1 Å². The zero-order valence-electron chi connectivity index (χ0n) is 24.3. The number of benzene rings is 2. The Bertz CT molecular complexity index is 1300. The molecule has 0 saturated carbocycles. The first-order chi connectivity index (χ1) is 18.7. The van der Waals surface area contributed by atoms with E-state index in [1.165, 1.54) is 11.1 Å². The van der Waals surface area contributed by atoms with Crippen LogP contribution in [-0.4, -0.2) is 77.8 Å². The summed E-state index contributed by atoms with van der Waals surface area (Å²) >= 11 is 0. The van der Waals surface area contributed by atoms with Crippen molar-refractivity contribution in [2.75, 3.05) is 44.7 Å². The molecule has 0 saturated heterocycles. The minimum atomic E-state index is -0.150. The molecule has 2 amide bonds. The lowest BCUT2D eigenvalue weighted by molar-refractivity contribution is -0.145. The minimum absolute atomic E-state index is 0. The SMILES string of the molecule is Cc1nc(-c2ccc(C)c(N(CC(=O)NCCNC(C)C)CC(=O)N(C)N3CCc4ccccc4C3)c2)no1.Cl.Cl. The Balaban J connectivity index is 0.00000294. The maximum absolute atomic E-state index is 13.6. The number of carbonyl (C=O) groups is 2. The van der Waals surface area contributed by atoms with Crippen molar-refractivity contribution in [1.82, 2.24) is 30.8 Å². The molecular formula is C29H41Cl2N7O3. The molecule has 2 heterocycles. The summed E-state index contributed by atoms with van der Waals surface area (Å²) in [5, 5.41) is 14.1. The second-order valence-corrected chi connectivity index (χ2v) is 10.3. The molecule has 0 bridgehead atoms. The summed E-state index contributed by atoms with van der Waals surface area (Å²) in [6.45, 7) is 10.5. The van der Waals surface area contributed by atoms with Gasteiger partial charge in [-0.2, -0.15) is 4.98 Å². The second kappa shape index (κ2) is 15.7. The summed E-state index contributed by atoms with van der Waals surface area (Å²) < 4.78 is 5.16. The normalized spacial score (nSPS) is 12.6. The zero-order chi connectivity index (χ0) is 27.9. The number of nitrogens with zero attached hydrogens (tertiary/aromatic N) is 5. The molecular weight excluding hydrogens is 565 g/mol. The lowest BCUT2D eigenvalue weighted by Gasteiger charge is -2.37. The van der Waals surface area contributed by atoms with E-state index in [-0.39, 0.29) is 49.7 Å². The van der Waals surface area contributed by atoms with Crippen LogP contribution in [-0.2, 0) is 22.6 Å². The van der Waals surface area contributed by atoms with Gasteiger partial charge in [0.05, 0.1) is 13.1 Å². The topological polar surface area (TPSA) is 107 Å². The summed E-state index contributed by atoms with van der Waals surface area (Å²) in [4.78, 5) is 32.7. The van der Waals surface area contributed by atoms with Crippen LogP contribution in [0.2, 0.25) is 0 Å². The molecule has 0 unspecified atom stereocenters. The average Bonchev–Trinajstić information content (AvgIpc) is 3.36. The van der Waals surface area contributed by atoms with E-state index in [4.69, 9.17) is 4.52 Å². The molecule has 0 radical (unpaired) electrons. The van der Waals surface area contributed by atoms with Gasteiger partial charge >= 0.3 is 0 Å². The molecule has 0 spiro atoms. The Morgan fingerprint density at radius 3 is 2.46 bits per heavy atom. The number of hydrogen-bond acceptors (Lipinski definition) is 8. The highest BCUT2D eigenvalue weighted by Crippen LogP contribution is 2.27. The van der Waals surface area contributed by atoms with Gasteiger partial charge in [-0.25, -0.2) is 5.01 Å². The average molecular weight is 607 g/mol. The summed E-state index contributed by atoms with van der Waals surface area (Å²) in [6, 6.07) is 14.5. The summed E-state index contributed by atoms with van der Waals surface area (Å²) in [6.07, 6.45) is 0.885. The minimum Gasteiger partial charge on any atom is -0.353 e. The van der Waals surface area contributed by atoms with E-state index in [0.29, 0.717) is 37.4 Å². The van der Waals surface area contributed by atoms with Crippen LogP contribution in [0.1, 0.15) is 36.4 Å². The van der Waals surface area contributed by atoms with Crippen molar-refractivity contribution in [1.29, 1.82) is 0 Å². The fourth-order valence-electron chi connectivity index (χ4n) is 4.68. The highest BCUT2D eigenvalue weighted by molar-refractivity contribution is 5.87. The first-order valence-electron chi connectivity index (χ1n) is 13.5. The number of hydrogen-bond donors (Lipinski definition) is 2. The second-order valence-electron chi connectivity index (χ2n) is 10.3. The molecule has 12 heteroatoms. The van der Waals surface area contributed by atoms with Crippen LogP contribution in [0.15, 0.2) is 47.0 Å². The van der Waals surface area contributed by atoms with Crippen molar-refractivity contribution in [2.45, 2.75) is 46.7 Å². The summed E-state index contributed by atoms with van der Waals surface area (Å²) in [5.74, 6) is 0.693. The number of hydrazine groups is 1. The molecule has 3 aromatic rings. The predicted octanol–water partition coefficient (Wildman–Crippen LogP) is 3.55. The maximum Gasteiger partial charge on any atom is 0.256 e. The zero-order valence-corrected chi connectivity index (χ0v) is 26.0. The van der Waals surface area contributed by atoms with Crippen LogP contribution in [0.4, 0.5) is 5.69 Å². The van der Waals surface area contributed by atoms with Crippen molar-refractivity contribution in [3.8, 4) is 11.4 Å². The molecule has 224 valence electrons. The number of rotatable bonds is 11. The van der Waals surface area contributed by atoms with Crippen LogP contribution in [0, 0.1) is 13.8 Å². The van der Waals surface area contributed by atoms with Crippen LogP contribution >= 0.6 is 24.8 Å². The number of halogens is 2. The van der Waals surface area contributed by atoms with Crippen LogP contribution in [0.5, 0.6) is 0 Å². The third-order valence-corrected chi connectivity index (χ3v) is 6.89. The maximum atomic E-state index is 13.6. The van der Waals surface area contributed by atoms with Crippen LogP contribution in [0.3, 0.4) is 0 Å². The molecule has 0 aliphatic carbocycles. The largest absolute Gasteiger partial charge is 0.353 e. The number of likely N-dealkylation sites (N-methyl/N-ethyl adjacent to an activating group) is 1. The van der Waals surface area contributed by atoms with E-state index in [0.717, 1.165) is 29.8 Å². The standard InChI is InChI=1S/C29H39N7O3.2ClH/c1-20(2)30-13-14-31-27(37)18-35(26-16-24(11-10-21(26)3)29-32-22(4)39-33-29)19-28(38)34(5)36-15-12-23-8-6-7-9-25(23)17-36;;/h6-11,16,20,30H,12-15,17-19H2,1-5H3,(H,31,37);2*1H. The smallest absolute Gasteiger partial charge is 0.256 e. The fourth-order valence-corrected chi connectivity index (χ4v) is 4.68. The highest BCUT2D eigenvalue weighted by Gasteiger charge is 2.26. The lowest BCUT2D eigenvalue weighted by atomic mass is 10.0. The van der Waals surface area contributed by atoms with Gasteiger partial charge in [-0.15, -0.1) is 24.8 Å². The van der Waals surface area contributed by atoms with Gasteiger partial charge in [0.1, 0.15) is 0 Å². The van der Waals surface area contributed by atoms with Gasteiger partial charge in [0, 0.05) is 57.4 Å². The van der Waals surface area contributed by atoms with E-state index in [1.807, 2.05) is 36.1 Å². The van der Waals surface area contributed by atoms with Gasteiger partial charge in [-0.1, -0.05) is 55.4 Å². The van der Waals surface area contributed by atoms with E-state index in [1.54, 1.807) is 19.0 Å². The molecule has 1 aliphatic rings. The van der Waals surface area contributed by atoms with Crippen molar-refractivity contribution in [2.24, 2.45) is 0 Å². The lowest BCUT2D eigenvalue weighted by Crippen LogP contribution is -2.51. The number of aryl methyl sites for hydroxylation is 2. The quantitative estimate of drug-likeness (QED) is 0.320.